The highest BCUT2D eigenvalue weighted by molar-refractivity contribution is 14.1. The summed E-state index contributed by atoms with van der Waals surface area (Å²) in [5.74, 6) is 1.00. The number of rotatable bonds is 6. The molecular weight excluding hydrogens is 235 g/mol. The van der Waals surface area contributed by atoms with Crippen LogP contribution in [0.5, 0.6) is 0 Å². The highest BCUT2D eigenvalue weighted by Gasteiger charge is 2.01. The third kappa shape index (κ3) is 5.51. The summed E-state index contributed by atoms with van der Waals surface area (Å²) < 4.78 is 1.33. The second-order valence-corrected chi connectivity index (χ2v) is 3.95. The topological polar surface area (TPSA) is 0 Å². The molecule has 0 radical (unpaired) electrons. The second kappa shape index (κ2) is 7.83. The minimum absolute atomic E-state index is 1.00. The van der Waals surface area contributed by atoms with E-state index in [1.807, 2.05) is 0 Å². The Hall–Kier alpha value is 0.730. The van der Waals surface area contributed by atoms with E-state index >= 15 is 0 Å². The van der Waals surface area contributed by atoms with Gasteiger partial charge in [-0.05, 0) is 16.8 Å². The lowest BCUT2D eigenvalue weighted by Crippen LogP contribution is -1.96. The lowest BCUT2D eigenvalue weighted by molar-refractivity contribution is 0.440. The summed E-state index contributed by atoms with van der Waals surface area (Å²) in [5.41, 5.74) is 0. The molecule has 0 bridgehead atoms. The van der Waals surface area contributed by atoms with E-state index in [1.54, 1.807) is 0 Å². The fraction of sp³-hybridized carbons (Fsp3) is 1.00. The minimum atomic E-state index is 1.00. The van der Waals surface area contributed by atoms with E-state index < -0.39 is 0 Å². The first kappa shape index (κ1) is 10.7. The third-order valence-corrected chi connectivity index (χ3v) is 2.91. The average molecular weight is 254 g/mol. The van der Waals surface area contributed by atoms with Gasteiger partial charge in [-0.1, -0.05) is 62.1 Å². The summed E-state index contributed by atoms with van der Waals surface area (Å²) in [6.07, 6.45) is 7.05. The van der Waals surface area contributed by atoms with Gasteiger partial charge in [0.1, 0.15) is 0 Å². The van der Waals surface area contributed by atoms with Crippen LogP contribution in [0.1, 0.15) is 46.0 Å². The maximum atomic E-state index is 2.46. The molecule has 0 nitrogen and oxygen atoms in total. The Kier molecular flexibility index (Phi) is 8.40. The van der Waals surface area contributed by atoms with Gasteiger partial charge in [-0.3, -0.25) is 0 Å². The first-order chi connectivity index (χ1) is 4.85. The monoisotopic (exact) mass is 254 g/mol. The fourth-order valence-electron chi connectivity index (χ4n) is 1.22. The van der Waals surface area contributed by atoms with E-state index in [0.717, 1.165) is 5.92 Å². The Balaban J connectivity index is 3.09. The molecule has 0 rings (SSSR count). The molecule has 10 heavy (non-hydrogen) atoms. The van der Waals surface area contributed by atoms with Crippen molar-refractivity contribution < 1.29 is 0 Å². The van der Waals surface area contributed by atoms with E-state index in [2.05, 4.69) is 36.4 Å². The van der Waals surface area contributed by atoms with Crippen LogP contribution >= 0.6 is 22.6 Å². The highest BCUT2D eigenvalue weighted by Crippen LogP contribution is 2.15. The van der Waals surface area contributed by atoms with Crippen LogP contribution in [0.2, 0.25) is 0 Å². The minimum Gasteiger partial charge on any atom is -0.0864 e. The van der Waals surface area contributed by atoms with Crippen molar-refractivity contribution in [2.24, 2.45) is 5.92 Å². The smallest absolute Gasteiger partial charge is 0.000473 e. The predicted molar refractivity (Wildman–Crippen MR) is 56.8 cm³/mol. The van der Waals surface area contributed by atoms with Crippen LogP contribution in [0.15, 0.2) is 0 Å². The van der Waals surface area contributed by atoms with Gasteiger partial charge in [0.25, 0.3) is 0 Å². The molecule has 0 aromatic carbocycles. The van der Waals surface area contributed by atoms with E-state index in [9.17, 15) is 0 Å². The molecule has 0 saturated heterocycles. The van der Waals surface area contributed by atoms with Gasteiger partial charge in [0, 0.05) is 0 Å². The number of hydrogen-bond donors (Lipinski definition) is 0. The molecule has 0 spiro atoms. The Morgan fingerprint density at radius 3 is 2.10 bits per heavy atom. The first-order valence-corrected chi connectivity index (χ1v) is 5.93. The van der Waals surface area contributed by atoms with Crippen molar-refractivity contribution in [3.05, 3.63) is 0 Å². The molecule has 0 aliphatic carbocycles. The number of alkyl halides is 1. The van der Waals surface area contributed by atoms with E-state index in [4.69, 9.17) is 0 Å². The van der Waals surface area contributed by atoms with Crippen molar-refractivity contribution >= 4 is 22.6 Å². The normalized spacial score (nSPS) is 10.8. The number of unbranched alkanes of at least 4 members (excludes halogenated alkanes) is 1. The van der Waals surface area contributed by atoms with Crippen molar-refractivity contribution in [1.29, 1.82) is 0 Å². The first-order valence-electron chi connectivity index (χ1n) is 4.41. The number of halogens is 1. The van der Waals surface area contributed by atoms with Crippen LogP contribution in [0.25, 0.3) is 0 Å². The third-order valence-electron chi connectivity index (χ3n) is 2.15. The van der Waals surface area contributed by atoms with Gasteiger partial charge in [0.05, 0.1) is 0 Å². The molecule has 0 unspecified atom stereocenters. The van der Waals surface area contributed by atoms with Crippen molar-refractivity contribution in [3.8, 4) is 0 Å². The molecule has 62 valence electrons. The van der Waals surface area contributed by atoms with Crippen LogP contribution in [0, 0.1) is 5.92 Å². The highest BCUT2D eigenvalue weighted by atomic mass is 127. The van der Waals surface area contributed by atoms with Crippen LogP contribution in [-0.2, 0) is 0 Å². The Morgan fingerprint density at radius 2 is 1.70 bits per heavy atom. The summed E-state index contributed by atoms with van der Waals surface area (Å²) in [4.78, 5) is 0. The molecule has 0 atom stereocenters. The van der Waals surface area contributed by atoms with E-state index in [1.165, 1.54) is 36.5 Å². The Morgan fingerprint density at radius 1 is 1.10 bits per heavy atom. The maximum Gasteiger partial charge on any atom is -0.000473 e. The fourth-order valence-corrected chi connectivity index (χ4v) is 1.76. The van der Waals surface area contributed by atoms with Crippen LogP contribution in [0.3, 0.4) is 0 Å². The summed E-state index contributed by atoms with van der Waals surface area (Å²) in [5, 5.41) is 0. The predicted octanol–water partition coefficient (Wildman–Crippen LogP) is 4.03. The Bertz CT molecular complexity index is 57.7. The zero-order valence-corrected chi connectivity index (χ0v) is 9.36. The largest absolute Gasteiger partial charge is 0.0864 e. The molecule has 0 heterocycles. The van der Waals surface area contributed by atoms with Crippen molar-refractivity contribution in [2.75, 3.05) is 4.43 Å². The quantitative estimate of drug-likeness (QED) is 0.381. The number of hydrogen-bond acceptors (Lipinski definition) is 0. The van der Waals surface area contributed by atoms with E-state index in [-0.39, 0.29) is 0 Å². The van der Waals surface area contributed by atoms with Gasteiger partial charge in [0.15, 0.2) is 0 Å². The second-order valence-electron chi connectivity index (χ2n) is 2.87. The SMILES string of the molecule is CCC(CC)CCCCI. The molecule has 0 N–H and O–H groups in total. The van der Waals surface area contributed by atoms with Gasteiger partial charge >= 0.3 is 0 Å². The van der Waals surface area contributed by atoms with E-state index in [0.29, 0.717) is 0 Å². The Labute approximate surface area is 78.9 Å². The average Bonchev–Trinajstić information content (AvgIpc) is 1.99. The molecule has 0 aromatic heterocycles. The zero-order valence-electron chi connectivity index (χ0n) is 7.20. The molecule has 0 amide bonds. The van der Waals surface area contributed by atoms with Crippen molar-refractivity contribution in [2.45, 2.75) is 46.0 Å². The van der Waals surface area contributed by atoms with Gasteiger partial charge < -0.3 is 0 Å². The summed E-state index contributed by atoms with van der Waals surface area (Å²) >= 11 is 2.46. The molecule has 0 aliphatic heterocycles. The van der Waals surface area contributed by atoms with Gasteiger partial charge in [0.2, 0.25) is 0 Å². The molecular formula is C9H19I. The lowest BCUT2D eigenvalue weighted by Gasteiger charge is -2.10. The standard InChI is InChI=1S/C9H19I/c1-3-9(4-2)7-5-6-8-10/h9H,3-8H2,1-2H3. The van der Waals surface area contributed by atoms with Crippen LogP contribution in [0.4, 0.5) is 0 Å². The molecule has 0 aromatic rings. The van der Waals surface area contributed by atoms with Crippen LogP contribution in [-0.4, -0.2) is 4.43 Å². The molecule has 0 aliphatic rings. The maximum absolute atomic E-state index is 2.46. The van der Waals surface area contributed by atoms with Crippen molar-refractivity contribution in [1.82, 2.24) is 0 Å². The summed E-state index contributed by atoms with van der Waals surface area (Å²) in [7, 11) is 0. The zero-order chi connectivity index (χ0) is 7.82. The lowest BCUT2D eigenvalue weighted by atomic mass is 9.97. The summed E-state index contributed by atoms with van der Waals surface area (Å²) in [6.45, 7) is 4.61. The van der Waals surface area contributed by atoms with Crippen LogP contribution < -0.4 is 0 Å². The summed E-state index contributed by atoms with van der Waals surface area (Å²) in [6, 6.07) is 0. The van der Waals surface area contributed by atoms with Gasteiger partial charge in [-0.2, -0.15) is 0 Å². The molecule has 0 fully saturated rings. The molecule has 0 saturated carbocycles. The van der Waals surface area contributed by atoms with Gasteiger partial charge in [-0.15, -0.1) is 0 Å². The molecule has 1 heteroatoms. The van der Waals surface area contributed by atoms with Crippen molar-refractivity contribution in [3.63, 3.8) is 0 Å². The van der Waals surface area contributed by atoms with Gasteiger partial charge in [-0.25, -0.2) is 0 Å².